The number of methoxy groups -OCH3 is 1. The van der Waals surface area contributed by atoms with Crippen LogP contribution in [0.2, 0.25) is 0 Å². The maximum Gasteiger partial charge on any atom is 0.363 e. The van der Waals surface area contributed by atoms with Crippen molar-refractivity contribution in [1.82, 2.24) is 14.7 Å². The van der Waals surface area contributed by atoms with E-state index in [4.69, 9.17) is 14.2 Å². The second-order valence-corrected chi connectivity index (χ2v) is 6.75. The Labute approximate surface area is 174 Å². The third-order valence-electron chi connectivity index (χ3n) is 4.82. The summed E-state index contributed by atoms with van der Waals surface area (Å²) in [5.41, 5.74) is 0.714. The Hall–Kier alpha value is -3.36. The molecule has 1 saturated heterocycles. The molecule has 0 spiro atoms. The van der Waals surface area contributed by atoms with Gasteiger partial charge in [-0.3, -0.25) is 4.79 Å². The number of nitrogens with zero attached hydrogens (tertiary/aromatic N) is 3. The van der Waals surface area contributed by atoms with Crippen molar-refractivity contribution in [2.24, 2.45) is 0 Å². The summed E-state index contributed by atoms with van der Waals surface area (Å²) in [5.74, 6) is -1.42. The Bertz CT molecular complexity index is 895. The molecule has 1 aromatic heterocycles. The summed E-state index contributed by atoms with van der Waals surface area (Å²) in [4.78, 5) is 38.7. The van der Waals surface area contributed by atoms with E-state index in [0.717, 1.165) is 18.5 Å². The lowest BCUT2D eigenvalue weighted by molar-refractivity contribution is -0.157. The number of hydrogen-bond acceptors (Lipinski definition) is 7. The normalized spacial score (nSPS) is 16.1. The van der Waals surface area contributed by atoms with Gasteiger partial charge >= 0.3 is 11.9 Å². The molecule has 3 rings (SSSR count). The molecule has 1 amide bonds. The van der Waals surface area contributed by atoms with Gasteiger partial charge in [-0.2, -0.15) is 5.10 Å². The monoisotopic (exact) mass is 415 g/mol. The maximum absolute atomic E-state index is 12.6. The third-order valence-corrected chi connectivity index (χ3v) is 4.82. The highest BCUT2D eigenvalue weighted by molar-refractivity contribution is 5.92. The molecule has 2 aromatic rings. The first-order valence-electron chi connectivity index (χ1n) is 9.87. The quantitative estimate of drug-likeness (QED) is 0.638. The number of para-hydroxylation sites is 1. The van der Waals surface area contributed by atoms with E-state index in [1.54, 1.807) is 13.1 Å². The Morgan fingerprint density at radius 1 is 1.13 bits per heavy atom. The number of esters is 2. The van der Waals surface area contributed by atoms with Crippen LogP contribution in [-0.4, -0.2) is 65.4 Å². The fraction of sp³-hybridized carbons (Fsp3) is 0.429. The lowest BCUT2D eigenvalue weighted by Gasteiger charge is -2.33. The number of piperidine rings is 1. The van der Waals surface area contributed by atoms with Gasteiger partial charge in [-0.15, -0.1) is 0 Å². The Kier molecular flexibility index (Phi) is 7.05. The Balaban J connectivity index is 1.67. The van der Waals surface area contributed by atoms with Crippen molar-refractivity contribution in [3.8, 4) is 11.4 Å². The molecule has 0 N–H and O–H groups in total. The molecule has 1 aromatic carbocycles. The van der Waals surface area contributed by atoms with Crippen LogP contribution in [0.4, 0.5) is 0 Å². The van der Waals surface area contributed by atoms with Gasteiger partial charge in [0.15, 0.2) is 12.4 Å². The summed E-state index contributed by atoms with van der Waals surface area (Å²) in [6.45, 7) is 1.90. The summed E-state index contributed by atoms with van der Waals surface area (Å²) >= 11 is 0. The number of likely N-dealkylation sites (tertiary alicyclic amines) is 1. The summed E-state index contributed by atoms with van der Waals surface area (Å²) in [5, 5.41) is 4.23. The molecule has 0 saturated carbocycles. The molecule has 1 atom stereocenters. The van der Waals surface area contributed by atoms with Gasteiger partial charge in [0.1, 0.15) is 6.04 Å². The van der Waals surface area contributed by atoms with Crippen molar-refractivity contribution in [2.75, 3.05) is 26.9 Å². The number of hydrogen-bond donors (Lipinski definition) is 0. The molecule has 30 heavy (non-hydrogen) atoms. The molecule has 0 aliphatic carbocycles. The van der Waals surface area contributed by atoms with Crippen molar-refractivity contribution in [3.05, 3.63) is 42.2 Å². The van der Waals surface area contributed by atoms with Crippen LogP contribution in [-0.2, 0) is 19.1 Å². The predicted octanol–water partition coefficient (Wildman–Crippen LogP) is 1.98. The number of rotatable bonds is 7. The van der Waals surface area contributed by atoms with Crippen LogP contribution in [0.5, 0.6) is 5.75 Å². The number of ether oxygens (including phenoxy) is 3. The first-order chi connectivity index (χ1) is 14.5. The van der Waals surface area contributed by atoms with Crippen LogP contribution in [0.3, 0.4) is 0 Å². The lowest BCUT2D eigenvalue weighted by atomic mass is 10.0. The Morgan fingerprint density at radius 3 is 2.60 bits per heavy atom. The minimum Gasteiger partial charge on any atom is -0.493 e. The zero-order chi connectivity index (χ0) is 21.5. The van der Waals surface area contributed by atoms with E-state index >= 15 is 0 Å². The first-order valence-corrected chi connectivity index (χ1v) is 9.87. The van der Waals surface area contributed by atoms with Gasteiger partial charge < -0.3 is 19.1 Å². The fourth-order valence-electron chi connectivity index (χ4n) is 3.35. The molecule has 2 heterocycles. The highest BCUT2D eigenvalue weighted by Crippen LogP contribution is 2.21. The number of carbonyl (C=O) groups is 3. The number of benzene rings is 1. The topological polar surface area (TPSA) is 100.0 Å². The van der Waals surface area contributed by atoms with E-state index in [1.807, 2.05) is 30.3 Å². The van der Waals surface area contributed by atoms with Crippen LogP contribution in [0.1, 0.15) is 36.7 Å². The fourth-order valence-corrected chi connectivity index (χ4v) is 3.35. The van der Waals surface area contributed by atoms with Gasteiger partial charge in [0.25, 0.3) is 5.91 Å². The predicted molar refractivity (Wildman–Crippen MR) is 106 cm³/mol. The number of aromatic nitrogens is 2. The zero-order valence-electron chi connectivity index (χ0n) is 17.1. The van der Waals surface area contributed by atoms with Gasteiger partial charge in [-0.1, -0.05) is 18.2 Å². The molecule has 9 nitrogen and oxygen atoms in total. The van der Waals surface area contributed by atoms with Crippen molar-refractivity contribution in [3.63, 3.8) is 0 Å². The molecule has 160 valence electrons. The summed E-state index contributed by atoms with van der Waals surface area (Å²) < 4.78 is 17.0. The van der Waals surface area contributed by atoms with E-state index < -0.39 is 30.5 Å². The minimum atomic E-state index is -0.778. The molecule has 9 heteroatoms. The molecule has 0 bridgehead atoms. The molecule has 1 fully saturated rings. The second kappa shape index (κ2) is 9.91. The molecular weight excluding hydrogens is 390 g/mol. The Morgan fingerprint density at radius 2 is 1.90 bits per heavy atom. The van der Waals surface area contributed by atoms with Crippen LogP contribution >= 0.6 is 0 Å². The highest BCUT2D eigenvalue weighted by atomic mass is 16.5. The smallest absolute Gasteiger partial charge is 0.363 e. The minimum absolute atomic E-state index is 0.0326. The van der Waals surface area contributed by atoms with Gasteiger partial charge in [0, 0.05) is 6.54 Å². The van der Waals surface area contributed by atoms with Crippen LogP contribution in [0.15, 0.2) is 36.5 Å². The molecular formula is C21H25N3O6. The van der Waals surface area contributed by atoms with Crippen molar-refractivity contribution >= 4 is 17.8 Å². The molecule has 1 aliphatic heterocycles. The van der Waals surface area contributed by atoms with E-state index in [1.165, 1.54) is 16.7 Å². The summed E-state index contributed by atoms with van der Waals surface area (Å²) in [7, 11) is 1.42. The number of carbonyl (C=O) groups excluding carboxylic acids is 3. The van der Waals surface area contributed by atoms with Gasteiger partial charge in [-0.25, -0.2) is 14.3 Å². The van der Waals surface area contributed by atoms with Gasteiger partial charge in [0.2, 0.25) is 5.69 Å². The largest absolute Gasteiger partial charge is 0.493 e. The zero-order valence-corrected chi connectivity index (χ0v) is 17.1. The van der Waals surface area contributed by atoms with Crippen molar-refractivity contribution < 1.29 is 28.6 Å². The molecule has 0 unspecified atom stereocenters. The van der Waals surface area contributed by atoms with Crippen LogP contribution in [0.25, 0.3) is 5.69 Å². The van der Waals surface area contributed by atoms with Crippen molar-refractivity contribution in [2.45, 2.75) is 32.2 Å². The first kappa shape index (κ1) is 21.4. The molecule has 0 radical (unpaired) electrons. The SMILES string of the molecule is CCOC(=O)[C@@H]1CCCCN1C(=O)COC(=O)c1nn(-c2ccccc2)cc1OC. The van der Waals surface area contributed by atoms with Gasteiger partial charge in [0.05, 0.1) is 25.6 Å². The van der Waals surface area contributed by atoms with Gasteiger partial charge in [-0.05, 0) is 38.3 Å². The maximum atomic E-state index is 12.6. The van der Waals surface area contributed by atoms with Crippen molar-refractivity contribution in [1.29, 1.82) is 0 Å². The van der Waals surface area contributed by atoms with Crippen LogP contribution in [0, 0.1) is 0 Å². The summed E-state index contributed by atoms with van der Waals surface area (Å²) in [6, 6.07) is 8.58. The van der Waals surface area contributed by atoms with E-state index in [9.17, 15) is 14.4 Å². The van der Waals surface area contributed by atoms with Crippen LogP contribution < -0.4 is 4.74 Å². The number of amides is 1. The highest BCUT2D eigenvalue weighted by Gasteiger charge is 2.33. The second-order valence-electron chi connectivity index (χ2n) is 6.75. The average Bonchev–Trinajstić information content (AvgIpc) is 3.22. The molecule has 1 aliphatic rings. The average molecular weight is 415 g/mol. The third kappa shape index (κ3) is 4.79. The standard InChI is InChI=1S/C21H25N3O6/c1-3-29-20(26)16-11-7-8-12-23(16)18(25)14-30-21(27)19-17(28-2)13-24(22-19)15-9-5-4-6-10-15/h4-6,9-10,13,16H,3,7-8,11-12,14H2,1-2H3/t16-/m0/s1. The van der Waals surface area contributed by atoms with E-state index in [0.29, 0.717) is 13.0 Å². The lowest BCUT2D eigenvalue weighted by Crippen LogP contribution is -2.50. The van der Waals surface area contributed by atoms with E-state index in [2.05, 4.69) is 5.10 Å². The summed E-state index contributed by atoms with van der Waals surface area (Å²) in [6.07, 6.45) is 3.72. The van der Waals surface area contributed by atoms with E-state index in [-0.39, 0.29) is 18.1 Å².